The Morgan fingerprint density at radius 3 is 2.53 bits per heavy atom. The number of alkyl halides is 1. The molecule has 3 saturated carbocycles. The molecule has 0 aromatic heterocycles. The fraction of sp³-hybridized carbons (Fsp3) is 0.878. The standard InChI is InChI=1S/C41H64FN7O6/c1-45-13-15-46(16-14-45)11-4-9-43-10-7-36(50)44-26-8-12-48(24-26)38-31(42)21-29-37-40(38)55-35-22-28-27-5-2-3-6-33(27)54-34(28)23-32(35)49(37)25-30(39(29)51)41(52)47-17-19-53-20-18-47/h25-29,31-35,37-38,40,43H,2-24H2,1H3,(H,44,50)/t26-,27?,28?,29?,31?,32?,33?,34?,35?,37?,38?,40?/m1/s1. The summed E-state index contributed by atoms with van der Waals surface area (Å²) in [5.41, 5.74) is 0.185. The fourth-order valence-corrected chi connectivity index (χ4v) is 12.0. The first-order valence-electron chi connectivity index (χ1n) is 21.8. The number of hydrogen-bond donors (Lipinski definition) is 2. The van der Waals surface area contributed by atoms with Crippen LogP contribution in [0.15, 0.2) is 11.8 Å². The molecule has 6 heterocycles. The minimum Gasteiger partial charge on any atom is -0.378 e. The maximum atomic E-state index is 16.8. The van der Waals surface area contributed by atoms with Crippen molar-refractivity contribution in [3.8, 4) is 0 Å². The Labute approximate surface area is 325 Å². The van der Waals surface area contributed by atoms with Gasteiger partial charge in [0, 0.05) is 83.5 Å². The van der Waals surface area contributed by atoms with Gasteiger partial charge in [-0.25, -0.2) is 4.39 Å². The van der Waals surface area contributed by atoms with Gasteiger partial charge in [-0.2, -0.15) is 0 Å². The molecule has 14 heteroatoms. The highest BCUT2D eigenvalue weighted by Gasteiger charge is 2.62. The third-order valence-corrected chi connectivity index (χ3v) is 14.9. The lowest BCUT2D eigenvalue weighted by Gasteiger charge is -2.61. The molecule has 2 amide bonds. The molecule has 2 N–H and O–H groups in total. The fourth-order valence-electron chi connectivity index (χ4n) is 12.0. The number of carbonyl (C=O) groups is 3. The van der Waals surface area contributed by atoms with Gasteiger partial charge in [0.05, 0.1) is 61.3 Å². The van der Waals surface area contributed by atoms with E-state index in [-0.39, 0.29) is 59.9 Å². The average molecular weight is 770 g/mol. The van der Waals surface area contributed by atoms with Crippen LogP contribution in [0.5, 0.6) is 0 Å². The molecule has 9 aliphatic rings. The lowest BCUT2D eigenvalue weighted by Crippen LogP contribution is -2.73. The van der Waals surface area contributed by atoms with Crippen LogP contribution in [0.1, 0.15) is 64.2 Å². The van der Waals surface area contributed by atoms with Gasteiger partial charge in [-0.15, -0.1) is 0 Å². The maximum absolute atomic E-state index is 16.8. The van der Waals surface area contributed by atoms with Crippen LogP contribution in [0.4, 0.5) is 4.39 Å². The number of likely N-dealkylation sites (tertiary alicyclic amines) is 1. The predicted molar refractivity (Wildman–Crippen MR) is 203 cm³/mol. The highest BCUT2D eigenvalue weighted by Crippen LogP contribution is 2.53. The molecule has 13 nitrogen and oxygen atoms in total. The van der Waals surface area contributed by atoms with E-state index in [9.17, 15) is 14.4 Å². The monoisotopic (exact) mass is 769 g/mol. The van der Waals surface area contributed by atoms with E-state index in [0.717, 1.165) is 71.4 Å². The van der Waals surface area contributed by atoms with Crippen molar-refractivity contribution in [3.05, 3.63) is 11.8 Å². The Balaban J connectivity index is 0.863. The lowest BCUT2D eigenvalue weighted by atomic mass is 9.67. The van der Waals surface area contributed by atoms with E-state index >= 15 is 4.39 Å². The van der Waals surface area contributed by atoms with Crippen LogP contribution in [-0.2, 0) is 28.6 Å². The van der Waals surface area contributed by atoms with E-state index in [2.05, 4.69) is 37.3 Å². The molecular weight excluding hydrogens is 705 g/mol. The minimum absolute atomic E-state index is 0.0268. The number of hydrogen-bond acceptors (Lipinski definition) is 11. The molecule has 0 aromatic rings. The Morgan fingerprint density at radius 1 is 0.873 bits per heavy atom. The topological polar surface area (TPSA) is 119 Å². The van der Waals surface area contributed by atoms with E-state index in [1.165, 1.54) is 19.3 Å². The first-order chi connectivity index (χ1) is 26.8. The number of Topliss-reactive ketones (excluding diaryl/α,β-unsaturated/α-hetero) is 1. The lowest BCUT2D eigenvalue weighted by molar-refractivity contribution is -0.220. The number of likely N-dealkylation sites (N-methyl/N-ethyl adjacent to an activating group) is 1. The molecule has 0 radical (unpaired) electrons. The molecule has 9 rings (SSSR count). The Bertz CT molecular complexity index is 1440. The van der Waals surface area contributed by atoms with Crippen LogP contribution in [0.25, 0.3) is 0 Å². The van der Waals surface area contributed by atoms with Gasteiger partial charge < -0.3 is 44.4 Å². The van der Waals surface area contributed by atoms with Gasteiger partial charge in [0.25, 0.3) is 5.91 Å². The van der Waals surface area contributed by atoms with Gasteiger partial charge in [0.15, 0.2) is 5.78 Å². The van der Waals surface area contributed by atoms with Crippen molar-refractivity contribution in [1.82, 2.24) is 35.1 Å². The van der Waals surface area contributed by atoms with Crippen LogP contribution < -0.4 is 10.6 Å². The smallest absolute Gasteiger partial charge is 0.259 e. The van der Waals surface area contributed by atoms with Gasteiger partial charge in [-0.1, -0.05) is 12.8 Å². The SMILES string of the molecule is CN1CCN(CCCNCCC(=O)N[C@@H]2CCN(C3C(F)CC4C(=O)C(C(=O)N5CCOCC5)=CN5C6CC7OC8CCCCC8C7CC6OC3C45)C2)CC1. The predicted octanol–water partition coefficient (Wildman–Crippen LogP) is 1.02. The molecule has 5 saturated heterocycles. The van der Waals surface area contributed by atoms with Crippen molar-refractivity contribution in [3.63, 3.8) is 0 Å². The number of ketones is 1. The summed E-state index contributed by atoms with van der Waals surface area (Å²) in [5, 5.41) is 6.68. The van der Waals surface area contributed by atoms with Gasteiger partial charge in [-0.3, -0.25) is 19.3 Å². The molecule has 3 aliphatic carbocycles. The summed E-state index contributed by atoms with van der Waals surface area (Å²) in [6.45, 7) is 10.1. The number of carbonyl (C=O) groups excluding carboxylic acids is 3. The molecule has 6 aliphatic heterocycles. The van der Waals surface area contributed by atoms with E-state index in [4.69, 9.17) is 14.2 Å². The summed E-state index contributed by atoms with van der Waals surface area (Å²) in [6.07, 6.45) is 9.10. The number of ether oxygens (including phenoxy) is 3. The zero-order chi connectivity index (χ0) is 37.6. The molecule has 12 atom stereocenters. The number of amides is 2. The second-order valence-corrected chi connectivity index (χ2v) is 18.1. The molecule has 306 valence electrons. The van der Waals surface area contributed by atoms with Crippen molar-refractivity contribution >= 4 is 17.6 Å². The number of morpholine rings is 2. The summed E-state index contributed by atoms with van der Waals surface area (Å²) in [4.78, 5) is 52.3. The number of nitrogens with one attached hydrogen (secondary N) is 2. The number of piperazine rings is 1. The van der Waals surface area contributed by atoms with Crippen molar-refractivity contribution in [2.45, 2.75) is 119 Å². The first kappa shape index (κ1) is 38.3. The molecule has 8 fully saturated rings. The summed E-state index contributed by atoms with van der Waals surface area (Å²) >= 11 is 0. The third kappa shape index (κ3) is 7.74. The zero-order valence-electron chi connectivity index (χ0n) is 32.8. The van der Waals surface area contributed by atoms with Crippen molar-refractivity contribution in [2.75, 3.05) is 92.3 Å². The van der Waals surface area contributed by atoms with Gasteiger partial charge in [-0.05, 0) is 76.9 Å². The van der Waals surface area contributed by atoms with Crippen LogP contribution in [-0.4, -0.2) is 189 Å². The van der Waals surface area contributed by atoms with Crippen LogP contribution in [0.2, 0.25) is 0 Å². The summed E-state index contributed by atoms with van der Waals surface area (Å²) < 4.78 is 36.2. The summed E-state index contributed by atoms with van der Waals surface area (Å²) in [7, 11) is 2.17. The zero-order valence-corrected chi connectivity index (χ0v) is 32.8. The highest BCUT2D eigenvalue weighted by atomic mass is 19.1. The van der Waals surface area contributed by atoms with Crippen molar-refractivity contribution in [1.29, 1.82) is 0 Å². The van der Waals surface area contributed by atoms with E-state index in [1.807, 2.05) is 6.20 Å². The van der Waals surface area contributed by atoms with Gasteiger partial charge >= 0.3 is 0 Å². The summed E-state index contributed by atoms with van der Waals surface area (Å²) in [5.74, 6) is -0.174. The Morgan fingerprint density at radius 2 is 1.69 bits per heavy atom. The number of rotatable bonds is 10. The highest BCUT2D eigenvalue weighted by molar-refractivity contribution is 6.20. The number of halogens is 1. The first-order valence-corrected chi connectivity index (χ1v) is 21.8. The molecule has 0 aromatic carbocycles. The molecule has 0 spiro atoms. The van der Waals surface area contributed by atoms with E-state index in [0.29, 0.717) is 70.3 Å². The van der Waals surface area contributed by atoms with Crippen molar-refractivity contribution in [2.24, 2.45) is 17.8 Å². The van der Waals surface area contributed by atoms with Gasteiger partial charge in [0.2, 0.25) is 5.91 Å². The van der Waals surface area contributed by atoms with Gasteiger partial charge in [0.1, 0.15) is 6.17 Å². The van der Waals surface area contributed by atoms with Crippen LogP contribution >= 0.6 is 0 Å². The average Bonchev–Trinajstić information content (AvgIpc) is 3.81. The Kier molecular flexibility index (Phi) is 11.6. The second-order valence-electron chi connectivity index (χ2n) is 18.1. The maximum Gasteiger partial charge on any atom is 0.259 e. The molecule has 0 bridgehead atoms. The molecular formula is C41H64FN7O6. The third-order valence-electron chi connectivity index (χ3n) is 14.9. The van der Waals surface area contributed by atoms with Crippen LogP contribution in [0.3, 0.4) is 0 Å². The number of nitrogens with zero attached hydrogens (tertiary/aromatic N) is 5. The quantitative estimate of drug-likeness (QED) is 0.245. The second kappa shape index (κ2) is 16.6. The normalized spacial score (nSPS) is 40.9. The Hall–Kier alpha value is -2.20. The molecule has 55 heavy (non-hydrogen) atoms. The minimum atomic E-state index is -1.29. The largest absolute Gasteiger partial charge is 0.378 e. The molecule has 11 unspecified atom stereocenters. The van der Waals surface area contributed by atoms with Crippen LogP contribution in [0, 0.1) is 17.8 Å². The number of fused-ring (bicyclic) bond motifs is 5. The van der Waals surface area contributed by atoms with Crippen molar-refractivity contribution < 1.29 is 33.0 Å². The summed E-state index contributed by atoms with van der Waals surface area (Å²) in [6, 6.07) is -0.954. The van der Waals surface area contributed by atoms with E-state index in [1.54, 1.807) is 4.90 Å². The van der Waals surface area contributed by atoms with E-state index < -0.39 is 24.2 Å².